The fourth-order valence-corrected chi connectivity index (χ4v) is 4.25. The highest BCUT2D eigenvalue weighted by Gasteiger charge is 2.15. The number of benzene rings is 1. The lowest BCUT2D eigenvalue weighted by atomic mass is 9.93. The number of nitrogens with zero attached hydrogens (tertiary/aromatic N) is 3. The summed E-state index contributed by atoms with van der Waals surface area (Å²) in [5, 5.41) is 0. The zero-order valence-electron chi connectivity index (χ0n) is 19.6. The van der Waals surface area contributed by atoms with Gasteiger partial charge in [-0.15, -0.1) is 0 Å². The van der Waals surface area contributed by atoms with E-state index in [9.17, 15) is 0 Å². The van der Waals surface area contributed by atoms with Crippen LogP contribution in [0.5, 0.6) is 0 Å². The predicted octanol–water partition coefficient (Wildman–Crippen LogP) is 7.61. The summed E-state index contributed by atoms with van der Waals surface area (Å²) >= 11 is 0. The third-order valence-electron chi connectivity index (χ3n) is 6.06. The van der Waals surface area contributed by atoms with Crippen molar-refractivity contribution in [3.8, 4) is 0 Å². The van der Waals surface area contributed by atoms with E-state index < -0.39 is 0 Å². The minimum absolute atomic E-state index is 0.430. The van der Waals surface area contributed by atoms with Crippen molar-refractivity contribution in [1.29, 1.82) is 0 Å². The molecule has 2 aromatic rings. The zero-order chi connectivity index (χ0) is 21.7. The Morgan fingerprint density at radius 3 is 1.90 bits per heavy atom. The van der Waals surface area contributed by atoms with Crippen LogP contribution in [0.15, 0.2) is 46.4 Å². The van der Waals surface area contributed by atoms with Gasteiger partial charge in [0, 0.05) is 0 Å². The number of hydrogen-bond donors (Lipinski definition) is 0. The van der Waals surface area contributed by atoms with Crippen molar-refractivity contribution in [3.63, 3.8) is 0 Å². The molecule has 1 aliphatic carbocycles. The topological polar surface area (TPSA) is 37.6 Å². The normalized spacial score (nSPS) is 16.5. The fourth-order valence-electron chi connectivity index (χ4n) is 4.25. The first kappa shape index (κ1) is 22.4. The quantitative estimate of drug-likeness (QED) is 0.457. The average molecular weight is 404 g/mol. The Labute approximate surface area is 182 Å². The summed E-state index contributed by atoms with van der Waals surface area (Å²) < 4.78 is 0. The minimum atomic E-state index is 0.430. The van der Waals surface area contributed by atoms with Gasteiger partial charge < -0.3 is 0 Å². The Morgan fingerprint density at radius 2 is 1.33 bits per heavy atom. The summed E-state index contributed by atoms with van der Waals surface area (Å²) in [5.74, 6) is 0.860. The summed E-state index contributed by atoms with van der Waals surface area (Å²) in [6, 6.07) is 13.2. The molecule has 3 nitrogen and oxygen atoms in total. The molecule has 0 N–H and O–H groups in total. The number of aliphatic imine (C=N–C) groups is 2. The van der Waals surface area contributed by atoms with Crippen molar-refractivity contribution in [1.82, 2.24) is 4.98 Å². The first-order chi connectivity index (χ1) is 14.4. The Kier molecular flexibility index (Phi) is 7.58. The van der Waals surface area contributed by atoms with Crippen molar-refractivity contribution in [2.45, 2.75) is 91.5 Å². The van der Waals surface area contributed by atoms with E-state index in [1.165, 1.54) is 43.2 Å². The second-order valence-electron chi connectivity index (χ2n) is 9.21. The van der Waals surface area contributed by atoms with Crippen LogP contribution in [-0.4, -0.2) is 22.4 Å². The second kappa shape index (κ2) is 10.1. The number of hydrogen-bond acceptors (Lipinski definition) is 3. The molecule has 0 saturated heterocycles. The number of rotatable bonds is 6. The van der Waals surface area contributed by atoms with Crippen LogP contribution in [0.4, 0.5) is 5.69 Å². The smallest absolute Gasteiger partial charge is 0.0849 e. The van der Waals surface area contributed by atoms with Gasteiger partial charge in [0.15, 0.2) is 0 Å². The molecule has 30 heavy (non-hydrogen) atoms. The van der Waals surface area contributed by atoms with Crippen molar-refractivity contribution < 1.29 is 0 Å². The number of aromatic nitrogens is 1. The molecule has 3 heteroatoms. The molecule has 0 unspecified atom stereocenters. The van der Waals surface area contributed by atoms with Gasteiger partial charge in [-0.1, -0.05) is 71.2 Å². The molecule has 1 heterocycles. The SMILES string of the molecule is C/C(=N\c1c(C(C)C)cccc1C(C)C)c1cccc(/C(C)=N/C2CCCCC2)n1. The van der Waals surface area contributed by atoms with Crippen molar-refractivity contribution in [2.24, 2.45) is 9.98 Å². The second-order valence-corrected chi connectivity index (χ2v) is 9.21. The first-order valence-corrected chi connectivity index (χ1v) is 11.6. The highest BCUT2D eigenvalue weighted by Crippen LogP contribution is 2.35. The Bertz CT molecular complexity index is 889. The fraction of sp³-hybridized carbons (Fsp3) is 0.519. The number of para-hydroxylation sites is 1. The molecular weight excluding hydrogens is 366 g/mol. The van der Waals surface area contributed by atoms with E-state index in [4.69, 9.17) is 15.0 Å². The van der Waals surface area contributed by atoms with Crippen LogP contribution in [0.25, 0.3) is 0 Å². The van der Waals surface area contributed by atoms with E-state index in [-0.39, 0.29) is 0 Å². The maximum atomic E-state index is 5.10. The van der Waals surface area contributed by atoms with Gasteiger partial charge in [0.2, 0.25) is 0 Å². The van der Waals surface area contributed by atoms with Gasteiger partial charge in [0.05, 0.1) is 34.5 Å². The van der Waals surface area contributed by atoms with Crippen LogP contribution in [0.1, 0.15) is 108 Å². The first-order valence-electron chi connectivity index (χ1n) is 11.6. The molecule has 0 radical (unpaired) electrons. The van der Waals surface area contributed by atoms with Gasteiger partial charge in [-0.25, -0.2) is 4.98 Å². The van der Waals surface area contributed by atoms with Gasteiger partial charge in [0.25, 0.3) is 0 Å². The van der Waals surface area contributed by atoms with Gasteiger partial charge >= 0.3 is 0 Å². The summed E-state index contributed by atoms with van der Waals surface area (Å²) in [7, 11) is 0. The highest BCUT2D eigenvalue weighted by atomic mass is 14.9. The molecular formula is C27H37N3. The van der Waals surface area contributed by atoms with Crippen LogP contribution in [0.2, 0.25) is 0 Å². The molecule has 0 bridgehead atoms. The van der Waals surface area contributed by atoms with Crippen molar-refractivity contribution >= 4 is 17.1 Å². The molecule has 0 atom stereocenters. The van der Waals surface area contributed by atoms with Crippen LogP contribution in [0, 0.1) is 0 Å². The van der Waals surface area contributed by atoms with Crippen LogP contribution in [-0.2, 0) is 0 Å². The van der Waals surface area contributed by atoms with E-state index in [0.717, 1.165) is 28.5 Å². The lowest BCUT2D eigenvalue weighted by molar-refractivity contribution is 0.443. The predicted molar refractivity (Wildman–Crippen MR) is 130 cm³/mol. The van der Waals surface area contributed by atoms with Crippen molar-refractivity contribution in [2.75, 3.05) is 0 Å². The van der Waals surface area contributed by atoms with E-state index in [1.54, 1.807) is 0 Å². The molecule has 1 aromatic heterocycles. The molecule has 160 valence electrons. The Balaban J connectivity index is 1.95. The van der Waals surface area contributed by atoms with Gasteiger partial charge in [-0.3, -0.25) is 9.98 Å². The van der Waals surface area contributed by atoms with Crippen LogP contribution < -0.4 is 0 Å². The van der Waals surface area contributed by atoms with Crippen LogP contribution in [0.3, 0.4) is 0 Å². The lowest BCUT2D eigenvalue weighted by Crippen LogP contribution is -2.13. The third kappa shape index (κ3) is 5.44. The summed E-state index contributed by atoms with van der Waals surface area (Å²) in [6.07, 6.45) is 6.37. The monoisotopic (exact) mass is 403 g/mol. The molecule has 3 rings (SSSR count). The summed E-state index contributed by atoms with van der Waals surface area (Å²) in [4.78, 5) is 15.0. The molecule has 1 fully saturated rings. The maximum absolute atomic E-state index is 5.10. The molecule has 0 aliphatic heterocycles. The maximum Gasteiger partial charge on any atom is 0.0849 e. The Hall–Kier alpha value is -2.29. The van der Waals surface area contributed by atoms with Gasteiger partial charge in [0.1, 0.15) is 0 Å². The van der Waals surface area contributed by atoms with E-state index in [0.29, 0.717) is 17.9 Å². The molecule has 0 amide bonds. The number of pyridine rings is 1. The van der Waals surface area contributed by atoms with E-state index in [2.05, 4.69) is 77.9 Å². The third-order valence-corrected chi connectivity index (χ3v) is 6.06. The molecule has 1 aliphatic rings. The standard InChI is InChI=1S/C27H37N3/c1-18(2)23-14-10-15-24(19(3)4)27(23)29-21(6)26-17-11-16-25(30-26)20(5)28-22-12-8-7-9-13-22/h10-11,14-19,22H,7-9,12-13H2,1-6H3/b28-20+,29-21+. The molecule has 1 aromatic carbocycles. The molecule has 0 spiro atoms. The minimum Gasteiger partial charge on any atom is -0.284 e. The average Bonchev–Trinajstić information content (AvgIpc) is 2.74. The highest BCUT2D eigenvalue weighted by molar-refractivity contribution is 6.01. The van der Waals surface area contributed by atoms with Crippen LogP contribution >= 0.6 is 0 Å². The van der Waals surface area contributed by atoms with Gasteiger partial charge in [-0.2, -0.15) is 0 Å². The summed E-state index contributed by atoms with van der Waals surface area (Å²) in [6.45, 7) is 13.1. The zero-order valence-corrected chi connectivity index (χ0v) is 19.6. The Morgan fingerprint density at radius 1 is 0.800 bits per heavy atom. The van der Waals surface area contributed by atoms with Crippen molar-refractivity contribution in [3.05, 3.63) is 58.9 Å². The van der Waals surface area contributed by atoms with Gasteiger partial charge in [-0.05, 0) is 61.8 Å². The largest absolute Gasteiger partial charge is 0.284 e. The summed E-state index contributed by atoms with van der Waals surface area (Å²) in [5.41, 5.74) is 7.60. The van der Waals surface area contributed by atoms with E-state index >= 15 is 0 Å². The molecule has 1 saturated carbocycles. The lowest BCUT2D eigenvalue weighted by Gasteiger charge is -2.18. The van der Waals surface area contributed by atoms with E-state index in [1.807, 2.05) is 0 Å².